The monoisotopic (exact) mass is 310 g/mol. The van der Waals surface area contributed by atoms with Crippen LogP contribution in [0.1, 0.15) is 24.0 Å². The molecule has 0 spiro atoms. The van der Waals surface area contributed by atoms with Gasteiger partial charge in [0.2, 0.25) is 0 Å². The Labute approximate surface area is 119 Å². The van der Waals surface area contributed by atoms with E-state index in [2.05, 4.69) is 58.3 Å². The summed E-state index contributed by atoms with van der Waals surface area (Å²) in [6.07, 6.45) is 2.65. The van der Waals surface area contributed by atoms with E-state index in [1.165, 1.54) is 48.1 Å². The van der Waals surface area contributed by atoms with Crippen LogP contribution >= 0.6 is 15.9 Å². The Morgan fingerprint density at radius 1 is 1.33 bits per heavy atom. The Bertz CT molecular complexity index is 386. The molecule has 0 radical (unpaired) electrons. The largest absolute Gasteiger partial charge is 0.317 e. The highest BCUT2D eigenvalue weighted by Crippen LogP contribution is 2.19. The third kappa shape index (κ3) is 4.08. The SMILES string of the molecule is Cc1cc(CN(C)CC2CCNCC2)ccc1Br. The predicted octanol–water partition coefficient (Wildman–Crippen LogP) is 3.19. The lowest BCUT2D eigenvalue weighted by atomic mass is 9.97. The van der Waals surface area contributed by atoms with Gasteiger partial charge in [0, 0.05) is 17.6 Å². The Kier molecular flexibility index (Phi) is 5.22. The molecule has 1 N–H and O–H groups in total. The summed E-state index contributed by atoms with van der Waals surface area (Å²) in [4.78, 5) is 2.46. The third-order valence-electron chi connectivity index (χ3n) is 3.70. The van der Waals surface area contributed by atoms with Gasteiger partial charge in [0.25, 0.3) is 0 Å². The maximum Gasteiger partial charge on any atom is 0.0230 e. The van der Waals surface area contributed by atoms with Crippen molar-refractivity contribution in [1.82, 2.24) is 10.2 Å². The zero-order valence-corrected chi connectivity index (χ0v) is 13.0. The third-order valence-corrected chi connectivity index (χ3v) is 4.59. The van der Waals surface area contributed by atoms with Crippen molar-refractivity contribution in [2.24, 2.45) is 5.92 Å². The summed E-state index contributed by atoms with van der Waals surface area (Å²) < 4.78 is 1.20. The molecule has 1 aliphatic rings. The number of piperidine rings is 1. The standard InChI is InChI=1S/C15H23BrN2/c1-12-9-14(3-4-15(12)16)11-18(2)10-13-5-7-17-8-6-13/h3-4,9,13,17H,5-8,10-11H2,1-2H3. The van der Waals surface area contributed by atoms with Gasteiger partial charge in [-0.1, -0.05) is 28.1 Å². The summed E-state index contributed by atoms with van der Waals surface area (Å²) in [5.41, 5.74) is 2.73. The molecule has 1 saturated heterocycles. The van der Waals surface area contributed by atoms with E-state index in [9.17, 15) is 0 Å². The Morgan fingerprint density at radius 2 is 2.06 bits per heavy atom. The van der Waals surface area contributed by atoms with Gasteiger partial charge >= 0.3 is 0 Å². The van der Waals surface area contributed by atoms with Crippen LogP contribution in [0, 0.1) is 12.8 Å². The molecule has 18 heavy (non-hydrogen) atoms. The van der Waals surface area contributed by atoms with Crippen LogP contribution in [0.5, 0.6) is 0 Å². The van der Waals surface area contributed by atoms with Gasteiger partial charge in [0.1, 0.15) is 0 Å². The Balaban J connectivity index is 1.85. The topological polar surface area (TPSA) is 15.3 Å². The van der Waals surface area contributed by atoms with Gasteiger partial charge < -0.3 is 10.2 Å². The molecule has 1 aromatic carbocycles. The number of aryl methyl sites for hydroxylation is 1. The lowest BCUT2D eigenvalue weighted by molar-refractivity contribution is 0.234. The van der Waals surface area contributed by atoms with Crippen molar-refractivity contribution in [2.75, 3.05) is 26.7 Å². The number of benzene rings is 1. The quantitative estimate of drug-likeness (QED) is 0.919. The van der Waals surface area contributed by atoms with E-state index in [0.29, 0.717) is 0 Å². The zero-order valence-electron chi connectivity index (χ0n) is 11.4. The van der Waals surface area contributed by atoms with E-state index in [-0.39, 0.29) is 0 Å². The van der Waals surface area contributed by atoms with Gasteiger partial charge in [0.15, 0.2) is 0 Å². The van der Waals surface area contributed by atoms with E-state index >= 15 is 0 Å². The first-order chi connectivity index (χ1) is 8.65. The summed E-state index contributed by atoms with van der Waals surface area (Å²) in [6, 6.07) is 6.65. The molecule has 0 aliphatic carbocycles. The van der Waals surface area contributed by atoms with Crippen LogP contribution in [0.4, 0.5) is 0 Å². The van der Waals surface area contributed by atoms with Crippen LogP contribution in [0.3, 0.4) is 0 Å². The molecule has 1 aliphatic heterocycles. The molecule has 1 heterocycles. The minimum absolute atomic E-state index is 0.868. The minimum atomic E-state index is 0.868. The van der Waals surface area contributed by atoms with Crippen molar-refractivity contribution >= 4 is 15.9 Å². The molecule has 2 rings (SSSR count). The second-order valence-corrected chi connectivity index (χ2v) is 6.33. The van der Waals surface area contributed by atoms with Crippen molar-refractivity contribution < 1.29 is 0 Å². The summed E-state index contributed by atoms with van der Waals surface area (Å²) in [5.74, 6) is 0.868. The molecular weight excluding hydrogens is 288 g/mol. The molecule has 0 aromatic heterocycles. The summed E-state index contributed by atoms with van der Waals surface area (Å²) in [7, 11) is 2.24. The van der Waals surface area contributed by atoms with Crippen molar-refractivity contribution in [2.45, 2.75) is 26.3 Å². The maximum absolute atomic E-state index is 3.55. The first kappa shape index (κ1) is 14.0. The van der Waals surface area contributed by atoms with E-state index in [0.717, 1.165) is 12.5 Å². The highest BCUT2D eigenvalue weighted by molar-refractivity contribution is 9.10. The number of rotatable bonds is 4. The molecule has 1 fully saturated rings. The summed E-state index contributed by atoms with van der Waals surface area (Å²) in [6.45, 7) is 6.81. The van der Waals surface area contributed by atoms with E-state index < -0.39 is 0 Å². The molecule has 0 bridgehead atoms. The van der Waals surface area contributed by atoms with Crippen LogP contribution in [0.25, 0.3) is 0 Å². The van der Waals surface area contributed by atoms with Crippen molar-refractivity contribution in [1.29, 1.82) is 0 Å². The number of nitrogens with zero attached hydrogens (tertiary/aromatic N) is 1. The zero-order chi connectivity index (χ0) is 13.0. The van der Waals surface area contributed by atoms with Gasteiger partial charge in [-0.15, -0.1) is 0 Å². The van der Waals surface area contributed by atoms with Gasteiger partial charge in [-0.2, -0.15) is 0 Å². The molecule has 3 heteroatoms. The first-order valence-electron chi connectivity index (χ1n) is 6.79. The summed E-state index contributed by atoms with van der Waals surface area (Å²) >= 11 is 3.55. The smallest absolute Gasteiger partial charge is 0.0230 e. The van der Waals surface area contributed by atoms with E-state index in [1.807, 2.05) is 0 Å². The van der Waals surface area contributed by atoms with Crippen molar-refractivity contribution in [3.8, 4) is 0 Å². The van der Waals surface area contributed by atoms with Gasteiger partial charge in [0.05, 0.1) is 0 Å². The highest BCUT2D eigenvalue weighted by atomic mass is 79.9. The number of nitrogens with one attached hydrogen (secondary N) is 1. The molecular formula is C15H23BrN2. The van der Waals surface area contributed by atoms with Crippen LogP contribution in [-0.4, -0.2) is 31.6 Å². The molecule has 2 nitrogen and oxygen atoms in total. The summed E-state index contributed by atoms with van der Waals surface area (Å²) in [5, 5.41) is 3.43. The van der Waals surface area contributed by atoms with E-state index in [4.69, 9.17) is 0 Å². The maximum atomic E-state index is 3.55. The number of hydrogen-bond donors (Lipinski definition) is 1. The Morgan fingerprint density at radius 3 is 2.72 bits per heavy atom. The second kappa shape index (κ2) is 6.69. The lowest BCUT2D eigenvalue weighted by Gasteiger charge is -2.27. The normalized spacial score (nSPS) is 17.3. The second-order valence-electron chi connectivity index (χ2n) is 5.47. The Hall–Kier alpha value is -0.380. The molecule has 0 saturated carbocycles. The fraction of sp³-hybridized carbons (Fsp3) is 0.600. The lowest BCUT2D eigenvalue weighted by Crippen LogP contribution is -2.34. The molecule has 0 atom stereocenters. The molecule has 0 unspecified atom stereocenters. The minimum Gasteiger partial charge on any atom is -0.317 e. The van der Waals surface area contributed by atoms with Gasteiger partial charge in [-0.3, -0.25) is 0 Å². The van der Waals surface area contributed by atoms with Crippen molar-refractivity contribution in [3.63, 3.8) is 0 Å². The average Bonchev–Trinajstić information content (AvgIpc) is 2.35. The van der Waals surface area contributed by atoms with Crippen LogP contribution in [0.15, 0.2) is 22.7 Å². The van der Waals surface area contributed by atoms with Crippen LogP contribution in [-0.2, 0) is 6.54 Å². The van der Waals surface area contributed by atoms with Crippen molar-refractivity contribution in [3.05, 3.63) is 33.8 Å². The first-order valence-corrected chi connectivity index (χ1v) is 7.59. The fourth-order valence-corrected chi connectivity index (χ4v) is 2.93. The highest BCUT2D eigenvalue weighted by Gasteiger charge is 2.15. The van der Waals surface area contributed by atoms with Gasteiger partial charge in [-0.25, -0.2) is 0 Å². The van der Waals surface area contributed by atoms with E-state index in [1.54, 1.807) is 0 Å². The molecule has 1 aromatic rings. The van der Waals surface area contributed by atoms with Crippen LogP contribution in [0.2, 0.25) is 0 Å². The fourth-order valence-electron chi connectivity index (χ4n) is 2.69. The number of halogens is 1. The average molecular weight is 311 g/mol. The van der Waals surface area contributed by atoms with Gasteiger partial charge in [-0.05, 0) is 63.0 Å². The number of hydrogen-bond acceptors (Lipinski definition) is 2. The van der Waals surface area contributed by atoms with Crippen LogP contribution < -0.4 is 5.32 Å². The molecule has 0 amide bonds. The predicted molar refractivity (Wildman–Crippen MR) is 80.8 cm³/mol. The molecule has 100 valence electrons.